The van der Waals surface area contributed by atoms with Crippen LogP contribution >= 0.6 is 23.6 Å². The molecule has 2 N–H and O–H groups in total. The lowest BCUT2D eigenvalue weighted by Crippen LogP contribution is -2.20. The average Bonchev–Trinajstić information content (AvgIpc) is 2.94. The molecule has 6 nitrogen and oxygen atoms in total. The molecule has 1 heterocycles. The van der Waals surface area contributed by atoms with Gasteiger partial charge < -0.3 is 20.1 Å². The third kappa shape index (κ3) is 5.01. The van der Waals surface area contributed by atoms with Gasteiger partial charge in [0.25, 0.3) is 0 Å². The molecule has 0 atom stereocenters. The molecule has 1 aromatic heterocycles. The van der Waals surface area contributed by atoms with Gasteiger partial charge >= 0.3 is 11.9 Å². The van der Waals surface area contributed by atoms with Gasteiger partial charge in [0, 0.05) is 10.6 Å². The molecular formula is C17H18N2O4S2. The molecule has 0 radical (unpaired) electrons. The maximum absolute atomic E-state index is 11.8. The first-order valence-electron chi connectivity index (χ1n) is 7.48. The minimum absolute atomic E-state index is 0.299. The van der Waals surface area contributed by atoms with Crippen LogP contribution in [-0.4, -0.2) is 30.8 Å². The smallest absolute Gasteiger partial charge is 0.340 e. The molecule has 0 fully saturated rings. The predicted molar refractivity (Wildman–Crippen MR) is 103 cm³/mol. The van der Waals surface area contributed by atoms with Crippen molar-refractivity contribution in [2.75, 3.05) is 24.4 Å². The van der Waals surface area contributed by atoms with Gasteiger partial charge in [-0.2, -0.15) is 0 Å². The molecule has 0 aliphatic heterocycles. The summed E-state index contributed by atoms with van der Waals surface area (Å²) in [6.45, 7) is 3.95. The Hall–Kier alpha value is -2.45. The molecule has 0 amide bonds. The lowest BCUT2D eigenvalue weighted by atomic mass is 10.2. The van der Waals surface area contributed by atoms with E-state index in [2.05, 4.69) is 10.6 Å². The van der Waals surface area contributed by atoms with Crippen LogP contribution in [0.3, 0.4) is 0 Å². The monoisotopic (exact) mass is 378 g/mol. The fourth-order valence-electron chi connectivity index (χ4n) is 2.07. The quantitative estimate of drug-likeness (QED) is 0.605. The molecule has 0 saturated heterocycles. The fraction of sp³-hybridized carbons (Fsp3) is 0.235. The molecule has 2 aromatic rings. The Morgan fingerprint density at radius 3 is 2.64 bits per heavy atom. The molecule has 0 bridgehead atoms. The van der Waals surface area contributed by atoms with Gasteiger partial charge in [0.05, 0.1) is 24.8 Å². The zero-order chi connectivity index (χ0) is 18.4. The van der Waals surface area contributed by atoms with Crippen LogP contribution in [0.5, 0.6) is 0 Å². The molecule has 0 aliphatic carbocycles. The van der Waals surface area contributed by atoms with Crippen molar-refractivity contribution < 1.29 is 19.1 Å². The minimum atomic E-state index is -0.432. The van der Waals surface area contributed by atoms with Crippen LogP contribution in [0.2, 0.25) is 0 Å². The van der Waals surface area contributed by atoms with Crippen molar-refractivity contribution in [2.24, 2.45) is 0 Å². The Labute approximate surface area is 155 Å². The van der Waals surface area contributed by atoms with Gasteiger partial charge in [-0.3, -0.25) is 0 Å². The predicted octanol–water partition coefficient (Wildman–Crippen LogP) is 3.83. The third-order valence-electron chi connectivity index (χ3n) is 3.12. The van der Waals surface area contributed by atoms with Gasteiger partial charge in [0.2, 0.25) is 0 Å². The van der Waals surface area contributed by atoms with Crippen molar-refractivity contribution >= 4 is 51.3 Å². The number of hydrogen-bond acceptors (Lipinski definition) is 6. The molecule has 0 aliphatic rings. The fourth-order valence-corrected chi connectivity index (χ4v) is 3.26. The van der Waals surface area contributed by atoms with E-state index in [0.717, 1.165) is 4.88 Å². The topological polar surface area (TPSA) is 76.7 Å². The molecule has 132 valence electrons. The Morgan fingerprint density at radius 1 is 1.20 bits per heavy atom. The maximum atomic E-state index is 11.8. The van der Waals surface area contributed by atoms with Crippen LogP contribution in [0.25, 0.3) is 0 Å². The number of benzene rings is 1. The number of aryl methyl sites for hydroxylation is 1. The van der Waals surface area contributed by atoms with E-state index in [1.165, 1.54) is 18.4 Å². The van der Waals surface area contributed by atoms with E-state index in [4.69, 9.17) is 21.7 Å². The summed E-state index contributed by atoms with van der Waals surface area (Å²) in [7, 11) is 1.33. The Balaban J connectivity index is 2.10. The zero-order valence-electron chi connectivity index (χ0n) is 14.0. The molecular weight excluding hydrogens is 360 g/mol. The highest BCUT2D eigenvalue weighted by atomic mass is 32.1. The van der Waals surface area contributed by atoms with Crippen molar-refractivity contribution in [1.82, 2.24) is 0 Å². The summed E-state index contributed by atoms with van der Waals surface area (Å²) in [6.07, 6.45) is 0. The third-order valence-corrected chi connectivity index (χ3v) is 4.29. The Kier molecular flexibility index (Phi) is 6.49. The number of methoxy groups -OCH3 is 1. The summed E-state index contributed by atoms with van der Waals surface area (Å²) >= 11 is 6.68. The van der Waals surface area contributed by atoms with Crippen LogP contribution in [-0.2, 0) is 9.47 Å². The summed E-state index contributed by atoms with van der Waals surface area (Å²) < 4.78 is 9.74. The molecule has 8 heteroatoms. The van der Waals surface area contributed by atoms with Crippen LogP contribution < -0.4 is 10.6 Å². The number of carbonyl (C=O) groups is 2. The van der Waals surface area contributed by atoms with Gasteiger partial charge in [-0.1, -0.05) is 6.07 Å². The van der Waals surface area contributed by atoms with Crippen LogP contribution in [0.4, 0.5) is 10.7 Å². The molecule has 0 unspecified atom stereocenters. The average molecular weight is 378 g/mol. The molecule has 0 saturated carbocycles. The van der Waals surface area contributed by atoms with Crippen molar-refractivity contribution in [2.45, 2.75) is 13.8 Å². The first kappa shape index (κ1) is 18.9. The number of ether oxygens (including phenoxy) is 2. The van der Waals surface area contributed by atoms with E-state index in [-0.39, 0.29) is 0 Å². The SMILES string of the molecule is CCOC(=O)c1cccc(NC(=S)Nc2sc(C)cc2C(=O)OC)c1. The van der Waals surface area contributed by atoms with Gasteiger partial charge in [0.15, 0.2) is 5.11 Å². The Morgan fingerprint density at radius 2 is 1.96 bits per heavy atom. The van der Waals surface area contributed by atoms with E-state index in [9.17, 15) is 9.59 Å². The standard InChI is InChI=1S/C17H18N2O4S2/c1-4-23-15(20)11-6-5-7-12(9-11)18-17(24)19-14-13(16(21)22-3)8-10(2)25-14/h5-9H,4H2,1-3H3,(H2,18,19,24). The first-order valence-corrected chi connectivity index (χ1v) is 8.71. The first-order chi connectivity index (χ1) is 11.9. The van der Waals surface area contributed by atoms with Gasteiger partial charge in [0.1, 0.15) is 5.00 Å². The molecule has 1 aromatic carbocycles. The number of esters is 2. The highest BCUT2D eigenvalue weighted by Gasteiger charge is 2.16. The van der Waals surface area contributed by atoms with Crippen molar-refractivity contribution in [3.8, 4) is 0 Å². The summed E-state index contributed by atoms with van der Waals surface area (Å²) in [6, 6.07) is 8.55. The lowest BCUT2D eigenvalue weighted by molar-refractivity contribution is 0.0525. The second kappa shape index (κ2) is 8.59. The van der Waals surface area contributed by atoms with E-state index in [0.29, 0.717) is 33.5 Å². The second-order valence-corrected chi connectivity index (χ2v) is 6.64. The number of thiocarbonyl (C=S) groups is 1. The number of carbonyl (C=O) groups excluding carboxylic acids is 2. The zero-order valence-corrected chi connectivity index (χ0v) is 15.7. The van der Waals surface area contributed by atoms with Crippen molar-refractivity contribution in [1.29, 1.82) is 0 Å². The van der Waals surface area contributed by atoms with Crippen molar-refractivity contribution in [3.05, 3.63) is 46.3 Å². The highest BCUT2D eigenvalue weighted by Crippen LogP contribution is 2.28. The van der Waals surface area contributed by atoms with Crippen LogP contribution in [0, 0.1) is 6.92 Å². The van der Waals surface area contributed by atoms with Gasteiger partial charge in [-0.25, -0.2) is 9.59 Å². The van der Waals surface area contributed by atoms with Crippen molar-refractivity contribution in [3.63, 3.8) is 0 Å². The summed E-state index contributed by atoms with van der Waals surface area (Å²) in [5, 5.41) is 6.88. The normalized spacial score (nSPS) is 10.0. The number of rotatable bonds is 5. The van der Waals surface area contributed by atoms with E-state index >= 15 is 0 Å². The highest BCUT2D eigenvalue weighted by molar-refractivity contribution is 7.80. The summed E-state index contributed by atoms with van der Waals surface area (Å²) in [5.41, 5.74) is 1.49. The van der Waals surface area contributed by atoms with Crippen LogP contribution in [0.1, 0.15) is 32.5 Å². The minimum Gasteiger partial charge on any atom is -0.465 e. The number of nitrogens with one attached hydrogen (secondary N) is 2. The summed E-state index contributed by atoms with van der Waals surface area (Å²) in [5.74, 6) is -0.828. The van der Waals surface area contributed by atoms with Gasteiger partial charge in [-0.05, 0) is 50.3 Å². The van der Waals surface area contributed by atoms with Gasteiger partial charge in [-0.15, -0.1) is 11.3 Å². The second-order valence-electron chi connectivity index (χ2n) is 4.97. The molecule has 2 rings (SSSR count). The maximum Gasteiger partial charge on any atom is 0.340 e. The Bertz CT molecular complexity index is 802. The van der Waals surface area contributed by atoms with E-state index in [1.807, 2.05) is 6.92 Å². The number of anilines is 2. The summed E-state index contributed by atoms with van der Waals surface area (Å²) in [4.78, 5) is 24.5. The van der Waals surface area contributed by atoms with E-state index in [1.54, 1.807) is 37.3 Å². The van der Waals surface area contributed by atoms with E-state index < -0.39 is 11.9 Å². The van der Waals surface area contributed by atoms with Crippen LogP contribution in [0.15, 0.2) is 30.3 Å². The lowest BCUT2D eigenvalue weighted by Gasteiger charge is -2.11. The molecule has 0 spiro atoms. The number of thiophene rings is 1. The number of hydrogen-bond donors (Lipinski definition) is 2. The largest absolute Gasteiger partial charge is 0.465 e. The molecule has 25 heavy (non-hydrogen) atoms.